The van der Waals surface area contributed by atoms with Crippen molar-refractivity contribution in [1.29, 1.82) is 0 Å². The summed E-state index contributed by atoms with van der Waals surface area (Å²) in [5.74, 6) is -0.772. The van der Waals surface area contributed by atoms with Crippen LogP contribution in [-0.4, -0.2) is 34.0 Å². The Hall–Kier alpha value is -0.610. The van der Waals surface area contributed by atoms with E-state index in [9.17, 15) is 9.90 Å². The van der Waals surface area contributed by atoms with Crippen LogP contribution in [0.3, 0.4) is 0 Å². The van der Waals surface area contributed by atoms with E-state index < -0.39 is 17.2 Å². The maximum atomic E-state index is 11.5. The van der Waals surface area contributed by atoms with Crippen molar-refractivity contribution in [2.24, 2.45) is 0 Å². The highest BCUT2D eigenvalue weighted by molar-refractivity contribution is 5.84. The highest BCUT2D eigenvalue weighted by atomic mass is 16.7. The number of hydrogen-bond acceptors (Lipinski definition) is 3. The second kappa shape index (κ2) is 2.86. The van der Waals surface area contributed by atoms with Gasteiger partial charge in [0.2, 0.25) is 0 Å². The van der Waals surface area contributed by atoms with Gasteiger partial charge in [0.25, 0.3) is 0 Å². The summed E-state index contributed by atoms with van der Waals surface area (Å²) in [5, 5.41) is 9.49. The predicted octanol–water partition coefficient (Wildman–Crippen LogP) is 1.86. The van der Waals surface area contributed by atoms with Crippen molar-refractivity contribution in [3.8, 4) is 0 Å². The van der Waals surface area contributed by atoms with Crippen LogP contribution >= 0.6 is 0 Å². The molecule has 2 aliphatic heterocycles. The van der Waals surface area contributed by atoms with Gasteiger partial charge in [-0.25, -0.2) is 4.79 Å². The third-order valence-corrected chi connectivity index (χ3v) is 5.38. The van der Waals surface area contributed by atoms with Crippen molar-refractivity contribution >= 4 is 5.97 Å². The Balaban J connectivity index is 1.71. The van der Waals surface area contributed by atoms with Crippen LogP contribution in [0, 0.1) is 0 Å². The number of carbonyl (C=O) groups is 1. The lowest BCUT2D eigenvalue weighted by Gasteiger charge is -2.29. The summed E-state index contributed by atoms with van der Waals surface area (Å²) in [4.78, 5) is 11.5. The highest BCUT2D eigenvalue weighted by Crippen LogP contribution is 2.71. The fourth-order valence-corrected chi connectivity index (χ4v) is 4.50. The molecular weight excluding hydrogens is 220 g/mol. The molecule has 2 heterocycles. The first-order chi connectivity index (χ1) is 8.17. The standard InChI is InChI=1S/C13H18O4/c14-10(15)12-7-3-4-8-13(12,17-12)11-6-2-1-5-9(11)16-11/h9H,1-8H2,(H,14,15). The zero-order valence-electron chi connectivity index (χ0n) is 9.91. The van der Waals surface area contributed by atoms with Crippen LogP contribution in [0.2, 0.25) is 0 Å². The molecule has 17 heavy (non-hydrogen) atoms. The van der Waals surface area contributed by atoms with Gasteiger partial charge < -0.3 is 14.6 Å². The predicted molar refractivity (Wildman–Crippen MR) is 58.7 cm³/mol. The van der Waals surface area contributed by atoms with Crippen LogP contribution in [0.15, 0.2) is 0 Å². The molecule has 4 atom stereocenters. The Morgan fingerprint density at radius 2 is 1.88 bits per heavy atom. The molecule has 0 aromatic rings. The lowest BCUT2D eigenvalue weighted by Crippen LogP contribution is -2.48. The van der Waals surface area contributed by atoms with E-state index in [1.807, 2.05) is 0 Å². The van der Waals surface area contributed by atoms with E-state index in [-0.39, 0.29) is 11.7 Å². The summed E-state index contributed by atoms with van der Waals surface area (Å²) in [6, 6.07) is 0. The maximum absolute atomic E-state index is 11.5. The van der Waals surface area contributed by atoms with Crippen molar-refractivity contribution in [3.05, 3.63) is 0 Å². The van der Waals surface area contributed by atoms with Gasteiger partial charge in [-0.1, -0.05) is 19.3 Å². The van der Waals surface area contributed by atoms with Crippen LogP contribution in [0.1, 0.15) is 51.4 Å². The lowest BCUT2D eigenvalue weighted by molar-refractivity contribution is -0.143. The molecule has 0 amide bonds. The average molecular weight is 238 g/mol. The number of fused-ring (bicyclic) bond motifs is 3. The van der Waals surface area contributed by atoms with Gasteiger partial charge >= 0.3 is 5.97 Å². The zero-order valence-corrected chi connectivity index (χ0v) is 9.91. The SMILES string of the molecule is O=C(O)C12CCCCC1(C13CCCCC1O3)O2. The summed E-state index contributed by atoms with van der Waals surface area (Å²) in [7, 11) is 0. The Morgan fingerprint density at radius 1 is 1.12 bits per heavy atom. The Bertz CT molecular complexity index is 395. The molecule has 94 valence electrons. The van der Waals surface area contributed by atoms with Crippen molar-refractivity contribution in [1.82, 2.24) is 0 Å². The minimum atomic E-state index is -0.905. The van der Waals surface area contributed by atoms with Crippen LogP contribution in [0.4, 0.5) is 0 Å². The normalized spacial score (nSPS) is 55.6. The third-order valence-electron chi connectivity index (χ3n) is 5.38. The van der Waals surface area contributed by atoms with E-state index in [0.717, 1.165) is 38.5 Å². The van der Waals surface area contributed by atoms with Gasteiger partial charge in [0, 0.05) is 0 Å². The van der Waals surface area contributed by atoms with Gasteiger partial charge in [0.1, 0.15) is 11.2 Å². The summed E-state index contributed by atoms with van der Waals surface area (Å²) < 4.78 is 11.8. The van der Waals surface area contributed by atoms with Crippen molar-refractivity contribution < 1.29 is 19.4 Å². The number of aliphatic carboxylic acids is 1. The molecule has 0 aromatic carbocycles. The quantitative estimate of drug-likeness (QED) is 0.746. The molecular formula is C13H18O4. The lowest BCUT2D eigenvalue weighted by atomic mass is 9.67. The minimum Gasteiger partial charge on any atom is -0.479 e. The molecule has 1 N–H and O–H groups in total. The molecule has 2 saturated carbocycles. The Kier molecular flexibility index (Phi) is 1.74. The highest BCUT2D eigenvalue weighted by Gasteiger charge is 2.89. The molecule has 4 rings (SSSR count). The monoisotopic (exact) mass is 238 g/mol. The van der Waals surface area contributed by atoms with Crippen LogP contribution in [-0.2, 0) is 14.3 Å². The number of carboxylic acids is 1. The van der Waals surface area contributed by atoms with Crippen molar-refractivity contribution in [2.75, 3.05) is 0 Å². The smallest absolute Gasteiger partial charge is 0.339 e. The van der Waals surface area contributed by atoms with Crippen LogP contribution < -0.4 is 0 Å². The van der Waals surface area contributed by atoms with Gasteiger partial charge in [-0.3, -0.25) is 0 Å². The van der Waals surface area contributed by atoms with Gasteiger partial charge in [-0.05, 0) is 32.1 Å². The number of rotatable bonds is 2. The van der Waals surface area contributed by atoms with E-state index in [4.69, 9.17) is 9.47 Å². The number of carboxylic acid groups (broad SMARTS) is 1. The molecule has 0 bridgehead atoms. The van der Waals surface area contributed by atoms with Crippen LogP contribution in [0.5, 0.6) is 0 Å². The molecule has 4 aliphatic rings. The summed E-state index contributed by atoms with van der Waals surface area (Å²) in [6.45, 7) is 0. The summed E-state index contributed by atoms with van der Waals surface area (Å²) in [5.41, 5.74) is -1.61. The second-order valence-electron chi connectivity index (χ2n) is 6.01. The maximum Gasteiger partial charge on any atom is 0.339 e. The van der Waals surface area contributed by atoms with Gasteiger partial charge in [-0.15, -0.1) is 0 Å². The van der Waals surface area contributed by atoms with Gasteiger partial charge in [-0.2, -0.15) is 0 Å². The summed E-state index contributed by atoms with van der Waals surface area (Å²) in [6.07, 6.45) is 8.29. The van der Waals surface area contributed by atoms with Crippen molar-refractivity contribution in [3.63, 3.8) is 0 Å². The molecule has 4 heteroatoms. The molecule has 2 saturated heterocycles. The van der Waals surface area contributed by atoms with Crippen molar-refractivity contribution in [2.45, 2.75) is 74.3 Å². The fourth-order valence-electron chi connectivity index (χ4n) is 4.50. The minimum absolute atomic E-state index is 0.232. The van der Waals surface area contributed by atoms with E-state index in [1.54, 1.807) is 0 Å². The Morgan fingerprint density at radius 3 is 2.65 bits per heavy atom. The Labute approximate surface area is 100 Å². The molecule has 0 spiro atoms. The summed E-state index contributed by atoms with van der Waals surface area (Å²) >= 11 is 0. The van der Waals surface area contributed by atoms with E-state index >= 15 is 0 Å². The third kappa shape index (κ3) is 0.968. The molecule has 4 nitrogen and oxygen atoms in total. The first-order valence-electron chi connectivity index (χ1n) is 6.78. The van der Waals surface area contributed by atoms with Gasteiger partial charge in [0.05, 0.1) is 6.10 Å². The zero-order chi connectivity index (χ0) is 11.7. The van der Waals surface area contributed by atoms with E-state index in [0.29, 0.717) is 6.42 Å². The molecule has 4 unspecified atom stereocenters. The number of ether oxygens (including phenoxy) is 2. The fraction of sp³-hybridized carbons (Fsp3) is 0.923. The van der Waals surface area contributed by atoms with E-state index in [2.05, 4.69) is 0 Å². The number of epoxide rings is 2. The van der Waals surface area contributed by atoms with Crippen LogP contribution in [0.25, 0.3) is 0 Å². The molecule has 0 radical (unpaired) electrons. The first kappa shape index (κ1) is 10.3. The van der Waals surface area contributed by atoms with E-state index in [1.165, 1.54) is 6.42 Å². The van der Waals surface area contributed by atoms with Gasteiger partial charge in [0.15, 0.2) is 5.60 Å². The average Bonchev–Trinajstić information content (AvgIpc) is 3.21. The number of hydrogen-bond donors (Lipinski definition) is 1. The second-order valence-corrected chi connectivity index (χ2v) is 6.01. The molecule has 2 aliphatic carbocycles. The molecule has 0 aromatic heterocycles. The molecule has 4 fully saturated rings. The largest absolute Gasteiger partial charge is 0.479 e. The topological polar surface area (TPSA) is 62.4 Å². The first-order valence-corrected chi connectivity index (χ1v) is 6.78.